The Bertz CT molecular complexity index is 171. The van der Waals surface area contributed by atoms with Gasteiger partial charge in [-0.3, -0.25) is 0 Å². The van der Waals surface area contributed by atoms with Crippen molar-refractivity contribution in [1.82, 2.24) is 0 Å². The average molecular weight is 247 g/mol. The molecule has 0 amide bonds. The predicted octanol–water partition coefficient (Wildman–Crippen LogP) is 3.82. The maximum atomic E-state index is 3.58. The highest BCUT2D eigenvalue weighted by molar-refractivity contribution is 9.09. The monoisotopic (exact) mass is 246 g/mol. The summed E-state index contributed by atoms with van der Waals surface area (Å²) in [6.07, 6.45) is 3.72. The van der Waals surface area contributed by atoms with Crippen molar-refractivity contribution in [2.24, 2.45) is 0 Å². The van der Waals surface area contributed by atoms with E-state index in [4.69, 9.17) is 0 Å². The smallest absolute Gasteiger partial charge is 0.129 e. The first-order valence-electron chi connectivity index (χ1n) is 4.62. The van der Waals surface area contributed by atoms with E-state index in [0.717, 1.165) is 0 Å². The molecular formula is C10H19BrSi. The van der Waals surface area contributed by atoms with Gasteiger partial charge in [0.2, 0.25) is 0 Å². The maximum Gasteiger partial charge on any atom is 0.129 e. The lowest BCUT2D eigenvalue weighted by Gasteiger charge is -2.05. The first-order chi connectivity index (χ1) is 5.45. The van der Waals surface area contributed by atoms with Crippen molar-refractivity contribution in [3.63, 3.8) is 0 Å². The molecule has 0 aromatic carbocycles. The fourth-order valence-electron chi connectivity index (χ4n) is 0.750. The van der Waals surface area contributed by atoms with Crippen molar-refractivity contribution >= 4 is 24.0 Å². The molecule has 0 saturated heterocycles. The van der Waals surface area contributed by atoms with Crippen LogP contribution < -0.4 is 0 Å². The molecule has 0 saturated carbocycles. The third kappa shape index (κ3) is 8.35. The minimum atomic E-state index is -1.15. The number of hydrogen-bond donors (Lipinski definition) is 0. The molecule has 70 valence electrons. The first-order valence-corrected chi connectivity index (χ1v) is 9.04. The van der Waals surface area contributed by atoms with Crippen LogP contribution in [0.25, 0.3) is 0 Å². The van der Waals surface area contributed by atoms with Gasteiger partial charge in [-0.15, -0.1) is 5.54 Å². The van der Waals surface area contributed by atoms with E-state index in [-0.39, 0.29) is 0 Å². The standard InChI is InChI=1S/C10H19BrSi/c1-5-6-7-10(11)8-9-12(2,3)4/h10H,5-7H2,1-4H3/t10-/m1/s1. The van der Waals surface area contributed by atoms with Crippen LogP contribution in [0.15, 0.2) is 0 Å². The molecule has 0 heterocycles. The van der Waals surface area contributed by atoms with Crippen molar-refractivity contribution < 1.29 is 0 Å². The van der Waals surface area contributed by atoms with Gasteiger partial charge in [-0.05, 0) is 6.42 Å². The van der Waals surface area contributed by atoms with Crippen LogP contribution in [-0.4, -0.2) is 12.9 Å². The highest BCUT2D eigenvalue weighted by atomic mass is 79.9. The average Bonchev–Trinajstić information content (AvgIpc) is 1.95. The van der Waals surface area contributed by atoms with Gasteiger partial charge in [0.15, 0.2) is 0 Å². The zero-order valence-corrected chi connectivity index (χ0v) is 11.2. The van der Waals surface area contributed by atoms with E-state index in [1.54, 1.807) is 0 Å². The van der Waals surface area contributed by atoms with E-state index in [9.17, 15) is 0 Å². The van der Waals surface area contributed by atoms with Crippen LogP contribution in [0.5, 0.6) is 0 Å². The lowest BCUT2D eigenvalue weighted by Crippen LogP contribution is -2.17. The number of hydrogen-bond acceptors (Lipinski definition) is 0. The van der Waals surface area contributed by atoms with Crippen molar-refractivity contribution in [2.75, 3.05) is 0 Å². The van der Waals surface area contributed by atoms with Crippen LogP contribution in [0.1, 0.15) is 26.2 Å². The van der Waals surface area contributed by atoms with E-state index < -0.39 is 8.07 Å². The molecule has 0 radical (unpaired) electrons. The van der Waals surface area contributed by atoms with Gasteiger partial charge in [-0.2, -0.15) is 0 Å². The van der Waals surface area contributed by atoms with E-state index in [1.165, 1.54) is 19.3 Å². The van der Waals surface area contributed by atoms with Crippen molar-refractivity contribution in [3.8, 4) is 11.5 Å². The summed E-state index contributed by atoms with van der Waals surface area (Å²) >= 11 is 3.58. The number of alkyl halides is 1. The Hall–Kier alpha value is 0.257. The summed E-state index contributed by atoms with van der Waals surface area (Å²) in [5, 5.41) is 0. The SMILES string of the molecule is CCCC[C@@H](Br)C#C[Si](C)(C)C. The molecule has 0 unspecified atom stereocenters. The Morgan fingerprint density at radius 2 is 1.92 bits per heavy atom. The van der Waals surface area contributed by atoms with E-state index in [1.807, 2.05) is 0 Å². The summed E-state index contributed by atoms with van der Waals surface area (Å²) in [4.78, 5) is 0.421. The molecular weight excluding hydrogens is 228 g/mol. The zero-order valence-electron chi connectivity index (χ0n) is 8.58. The molecule has 0 fully saturated rings. The Morgan fingerprint density at radius 1 is 1.33 bits per heavy atom. The fraction of sp³-hybridized carbons (Fsp3) is 0.800. The largest absolute Gasteiger partial charge is 0.131 e. The molecule has 12 heavy (non-hydrogen) atoms. The van der Waals surface area contributed by atoms with Crippen LogP contribution >= 0.6 is 15.9 Å². The molecule has 0 aromatic heterocycles. The summed E-state index contributed by atoms with van der Waals surface area (Å²) in [6, 6.07) is 0. The quantitative estimate of drug-likeness (QED) is 0.404. The summed E-state index contributed by atoms with van der Waals surface area (Å²) in [5.74, 6) is 3.29. The molecule has 0 nitrogen and oxygen atoms in total. The molecule has 0 aliphatic carbocycles. The van der Waals surface area contributed by atoms with Crippen molar-refractivity contribution in [1.29, 1.82) is 0 Å². The molecule has 0 rings (SSSR count). The lowest BCUT2D eigenvalue weighted by molar-refractivity contribution is 0.750. The van der Waals surface area contributed by atoms with E-state index in [2.05, 4.69) is 54.0 Å². The van der Waals surface area contributed by atoms with Gasteiger partial charge in [0.05, 0.1) is 4.83 Å². The molecule has 0 aliphatic rings. The lowest BCUT2D eigenvalue weighted by atomic mass is 10.2. The van der Waals surface area contributed by atoms with Gasteiger partial charge >= 0.3 is 0 Å². The summed E-state index contributed by atoms with van der Waals surface area (Å²) in [6.45, 7) is 9.05. The Labute approximate surface area is 86.3 Å². The Morgan fingerprint density at radius 3 is 2.33 bits per heavy atom. The Balaban J connectivity index is 3.79. The second kappa shape index (κ2) is 5.83. The topological polar surface area (TPSA) is 0 Å². The van der Waals surface area contributed by atoms with Crippen LogP contribution in [0.4, 0.5) is 0 Å². The second-order valence-corrected chi connectivity index (χ2v) is 9.98. The highest BCUT2D eigenvalue weighted by Gasteiger charge is 2.08. The van der Waals surface area contributed by atoms with Gasteiger partial charge in [0, 0.05) is 0 Å². The van der Waals surface area contributed by atoms with Gasteiger partial charge in [-0.25, -0.2) is 0 Å². The normalized spacial score (nSPS) is 13.4. The minimum Gasteiger partial charge on any atom is -0.131 e. The van der Waals surface area contributed by atoms with E-state index in [0.29, 0.717) is 4.83 Å². The number of unbranched alkanes of at least 4 members (excludes halogenated alkanes) is 1. The number of halogens is 1. The van der Waals surface area contributed by atoms with Crippen LogP contribution in [0, 0.1) is 11.5 Å². The fourth-order valence-corrected chi connectivity index (χ4v) is 2.01. The number of rotatable bonds is 3. The van der Waals surface area contributed by atoms with Gasteiger partial charge in [-0.1, -0.05) is 61.3 Å². The highest BCUT2D eigenvalue weighted by Crippen LogP contribution is 2.09. The predicted molar refractivity (Wildman–Crippen MR) is 63.4 cm³/mol. The molecule has 0 bridgehead atoms. The van der Waals surface area contributed by atoms with Gasteiger partial charge < -0.3 is 0 Å². The van der Waals surface area contributed by atoms with E-state index >= 15 is 0 Å². The van der Waals surface area contributed by atoms with Crippen molar-refractivity contribution in [2.45, 2.75) is 50.7 Å². The first kappa shape index (κ1) is 12.3. The molecule has 0 spiro atoms. The van der Waals surface area contributed by atoms with Crippen LogP contribution in [0.3, 0.4) is 0 Å². The van der Waals surface area contributed by atoms with Gasteiger partial charge in [0.25, 0.3) is 0 Å². The summed E-state index contributed by atoms with van der Waals surface area (Å²) in [7, 11) is -1.15. The van der Waals surface area contributed by atoms with Crippen molar-refractivity contribution in [3.05, 3.63) is 0 Å². The summed E-state index contributed by atoms with van der Waals surface area (Å²) in [5.41, 5.74) is 3.37. The molecule has 0 N–H and O–H groups in total. The molecule has 0 aliphatic heterocycles. The molecule has 1 atom stereocenters. The summed E-state index contributed by atoms with van der Waals surface area (Å²) < 4.78 is 0. The molecule has 0 aromatic rings. The molecule has 2 heteroatoms. The zero-order chi connectivity index (χ0) is 9.61. The van der Waals surface area contributed by atoms with Crippen LogP contribution in [0.2, 0.25) is 19.6 Å². The Kier molecular flexibility index (Phi) is 5.95. The maximum absolute atomic E-state index is 3.58. The third-order valence-electron chi connectivity index (χ3n) is 1.41. The minimum absolute atomic E-state index is 0.421. The van der Waals surface area contributed by atoms with Gasteiger partial charge in [0.1, 0.15) is 8.07 Å². The van der Waals surface area contributed by atoms with Crippen LogP contribution in [-0.2, 0) is 0 Å². The third-order valence-corrected chi connectivity index (χ3v) is 3.00. The second-order valence-electron chi connectivity index (χ2n) is 4.13.